The first-order chi connectivity index (χ1) is 18.0. The van der Waals surface area contributed by atoms with E-state index in [1.54, 1.807) is 12.4 Å². The Morgan fingerprint density at radius 3 is 1.43 bits per heavy atom. The summed E-state index contributed by atoms with van der Waals surface area (Å²) in [5.74, 6) is -2.50. The number of benzene rings is 1. The van der Waals surface area contributed by atoms with Crippen LogP contribution in [-0.2, 0) is 13.1 Å². The Bertz CT molecular complexity index is 1030. The van der Waals surface area contributed by atoms with Crippen LogP contribution in [0.5, 0.6) is 17.2 Å². The lowest BCUT2D eigenvalue weighted by Gasteiger charge is -2.12. The van der Waals surface area contributed by atoms with Crippen LogP contribution in [0, 0.1) is 0 Å². The molecule has 200 valence electrons. The molecule has 0 radical (unpaired) electrons. The zero-order valence-corrected chi connectivity index (χ0v) is 21.4. The predicted molar refractivity (Wildman–Crippen MR) is 140 cm³/mol. The van der Waals surface area contributed by atoms with Gasteiger partial charge in [-0.2, -0.15) is 10.2 Å². The van der Waals surface area contributed by atoms with Crippen molar-refractivity contribution in [1.29, 1.82) is 0 Å². The molecule has 0 bridgehead atoms. The number of aryl methyl sites for hydroxylation is 2. The Morgan fingerprint density at radius 1 is 0.622 bits per heavy atom. The molecule has 9 nitrogen and oxygen atoms in total. The summed E-state index contributed by atoms with van der Waals surface area (Å²) in [6.07, 6.45) is 16.6. The van der Waals surface area contributed by atoms with Crippen LogP contribution in [0.4, 0.5) is 0 Å². The highest BCUT2D eigenvalue weighted by molar-refractivity contribution is 6.08. The summed E-state index contributed by atoms with van der Waals surface area (Å²) in [4.78, 5) is 25.5. The molecule has 9 heteroatoms. The molecule has 0 amide bonds. The molecular weight excluding hydrogens is 472 g/mol. The third-order valence-corrected chi connectivity index (χ3v) is 6.52. The normalized spacial score (nSPS) is 11.1. The molecule has 37 heavy (non-hydrogen) atoms. The van der Waals surface area contributed by atoms with E-state index in [4.69, 9.17) is 0 Å². The molecule has 0 aliphatic rings. The van der Waals surface area contributed by atoms with Crippen molar-refractivity contribution < 1.29 is 24.9 Å². The Hall–Kier alpha value is -3.62. The van der Waals surface area contributed by atoms with E-state index >= 15 is 0 Å². The molecule has 3 N–H and O–H groups in total. The van der Waals surface area contributed by atoms with Gasteiger partial charge in [0.2, 0.25) is 0 Å². The summed E-state index contributed by atoms with van der Waals surface area (Å²) < 4.78 is 3.78. The van der Waals surface area contributed by atoms with Crippen LogP contribution in [0.15, 0.2) is 43.0 Å². The average molecular weight is 511 g/mol. The molecule has 1 aromatic carbocycles. The molecule has 2 aromatic heterocycles. The van der Waals surface area contributed by atoms with E-state index in [1.807, 2.05) is 33.9 Å². The van der Waals surface area contributed by atoms with Gasteiger partial charge in [-0.3, -0.25) is 19.0 Å². The van der Waals surface area contributed by atoms with Gasteiger partial charge in [-0.15, -0.1) is 0 Å². The number of carbonyl (C=O) groups excluding carboxylic acids is 2. The largest absolute Gasteiger partial charge is 0.507 e. The molecule has 0 aliphatic heterocycles. The van der Waals surface area contributed by atoms with Crippen molar-refractivity contribution >= 4 is 11.6 Å². The summed E-state index contributed by atoms with van der Waals surface area (Å²) in [6.45, 7) is 1.73. The molecule has 3 aromatic rings. The number of phenols is 3. The molecule has 0 unspecified atom stereocenters. The van der Waals surface area contributed by atoms with E-state index in [9.17, 15) is 24.9 Å². The van der Waals surface area contributed by atoms with Gasteiger partial charge in [0.15, 0.2) is 11.6 Å². The quantitative estimate of drug-likeness (QED) is 0.149. The van der Waals surface area contributed by atoms with Gasteiger partial charge in [0, 0.05) is 56.8 Å². The molecule has 2 heterocycles. The van der Waals surface area contributed by atoms with Crippen LogP contribution < -0.4 is 0 Å². The van der Waals surface area contributed by atoms with Gasteiger partial charge < -0.3 is 15.3 Å². The molecular formula is C28H38N4O5. The van der Waals surface area contributed by atoms with Crippen molar-refractivity contribution in [2.75, 3.05) is 0 Å². The van der Waals surface area contributed by atoms with Crippen molar-refractivity contribution in [3.63, 3.8) is 0 Å². The summed E-state index contributed by atoms with van der Waals surface area (Å²) in [6, 6.07) is 4.77. The van der Waals surface area contributed by atoms with Crippen molar-refractivity contribution in [3.8, 4) is 17.2 Å². The second-order valence-electron chi connectivity index (χ2n) is 9.43. The highest BCUT2D eigenvalue weighted by atomic mass is 16.3. The van der Waals surface area contributed by atoms with Crippen molar-refractivity contribution in [2.45, 2.75) is 90.1 Å². The molecule has 0 fully saturated rings. The lowest BCUT2D eigenvalue weighted by molar-refractivity contribution is 0.0971. The number of rotatable bonds is 18. The zero-order valence-electron chi connectivity index (χ0n) is 21.4. The maximum Gasteiger partial charge on any atom is 0.170 e. The van der Waals surface area contributed by atoms with Crippen molar-refractivity contribution in [2.24, 2.45) is 0 Å². The first kappa shape index (κ1) is 28.0. The minimum atomic E-state index is -0.619. The van der Waals surface area contributed by atoms with E-state index in [0.29, 0.717) is 12.8 Å². The maximum atomic E-state index is 12.7. The van der Waals surface area contributed by atoms with E-state index in [-0.39, 0.29) is 24.0 Å². The average Bonchev–Trinajstić information content (AvgIpc) is 3.57. The second kappa shape index (κ2) is 14.8. The third-order valence-electron chi connectivity index (χ3n) is 6.52. The third kappa shape index (κ3) is 8.77. The smallest absolute Gasteiger partial charge is 0.170 e. The molecule has 0 saturated carbocycles. The first-order valence-corrected chi connectivity index (χ1v) is 13.3. The minimum absolute atomic E-state index is 0.150. The SMILES string of the molecule is O=C(CCCCCCCn1cccn1)c1c(O)cc(O)c(C(=O)CCCCCCCn2cccn2)c1O. The standard InChI is InChI=1S/C28H38N4O5/c33-22(13-7-3-1-5-9-17-31-19-11-15-29-31)26-24(35)21-25(36)27(28(26)37)23(34)14-8-4-2-6-10-18-32-20-12-16-30-32/h11-12,15-16,19-21,35-37H,1-10,13-14,17-18H2. The van der Waals surface area contributed by atoms with Crippen molar-refractivity contribution in [1.82, 2.24) is 19.6 Å². The maximum absolute atomic E-state index is 12.7. The van der Waals surface area contributed by atoms with Crippen LogP contribution in [0.2, 0.25) is 0 Å². The van der Waals surface area contributed by atoms with Crippen LogP contribution in [0.3, 0.4) is 0 Å². The Kier molecular flexibility index (Phi) is 11.2. The number of nitrogens with zero attached hydrogens (tertiary/aromatic N) is 4. The summed E-state index contributed by atoms with van der Waals surface area (Å²) in [5, 5.41) is 39.4. The zero-order chi connectivity index (χ0) is 26.5. The van der Waals surface area contributed by atoms with Gasteiger partial charge in [-0.1, -0.05) is 38.5 Å². The fourth-order valence-corrected chi connectivity index (χ4v) is 4.49. The topological polar surface area (TPSA) is 130 Å². The van der Waals surface area contributed by atoms with Crippen LogP contribution >= 0.6 is 0 Å². The summed E-state index contributed by atoms with van der Waals surface area (Å²) in [5.41, 5.74) is -0.558. The van der Waals surface area contributed by atoms with Gasteiger partial charge in [0.25, 0.3) is 0 Å². The highest BCUT2D eigenvalue weighted by Gasteiger charge is 2.26. The van der Waals surface area contributed by atoms with E-state index in [0.717, 1.165) is 70.5 Å². The second-order valence-corrected chi connectivity index (χ2v) is 9.43. The molecule has 3 rings (SSSR count). The Morgan fingerprint density at radius 2 is 1.03 bits per heavy atom. The number of unbranched alkanes of at least 4 members (excludes halogenated alkanes) is 8. The Labute approximate surface area is 217 Å². The number of hydrogen-bond acceptors (Lipinski definition) is 7. The number of aromatic nitrogens is 4. The van der Waals surface area contributed by atoms with Gasteiger partial charge in [-0.25, -0.2) is 0 Å². The fourth-order valence-electron chi connectivity index (χ4n) is 4.49. The summed E-state index contributed by atoms with van der Waals surface area (Å²) in [7, 11) is 0. The van der Waals surface area contributed by atoms with Crippen LogP contribution in [-0.4, -0.2) is 46.4 Å². The number of phenolic OH excluding ortho intramolecular Hbond substituents is 3. The van der Waals surface area contributed by atoms with E-state index in [1.165, 1.54) is 0 Å². The van der Waals surface area contributed by atoms with E-state index < -0.39 is 28.8 Å². The van der Waals surface area contributed by atoms with Crippen LogP contribution in [0.1, 0.15) is 97.8 Å². The Balaban J connectivity index is 1.39. The monoisotopic (exact) mass is 510 g/mol. The number of aromatic hydroxyl groups is 3. The number of carbonyl (C=O) groups is 2. The number of hydrogen-bond donors (Lipinski definition) is 3. The molecule has 0 spiro atoms. The number of ketones is 2. The first-order valence-electron chi connectivity index (χ1n) is 13.3. The molecule has 0 aliphatic carbocycles. The van der Waals surface area contributed by atoms with Crippen LogP contribution in [0.25, 0.3) is 0 Å². The lowest BCUT2D eigenvalue weighted by atomic mass is 9.95. The highest BCUT2D eigenvalue weighted by Crippen LogP contribution is 2.39. The number of Topliss-reactive ketones (excluding diaryl/α,β-unsaturated/α-hetero) is 2. The fraction of sp³-hybridized carbons (Fsp3) is 0.500. The molecule has 0 saturated heterocycles. The lowest BCUT2D eigenvalue weighted by Crippen LogP contribution is -2.06. The van der Waals surface area contributed by atoms with Gasteiger partial charge >= 0.3 is 0 Å². The van der Waals surface area contributed by atoms with Crippen molar-refractivity contribution in [3.05, 3.63) is 54.1 Å². The van der Waals surface area contributed by atoms with Gasteiger partial charge in [-0.05, 0) is 37.8 Å². The minimum Gasteiger partial charge on any atom is -0.507 e. The van der Waals surface area contributed by atoms with Gasteiger partial charge in [0.05, 0.1) is 0 Å². The molecule has 0 atom stereocenters. The summed E-state index contributed by atoms with van der Waals surface area (Å²) >= 11 is 0. The van der Waals surface area contributed by atoms with Gasteiger partial charge in [0.1, 0.15) is 28.4 Å². The predicted octanol–water partition coefficient (Wildman–Crippen LogP) is 5.64. The van der Waals surface area contributed by atoms with E-state index in [2.05, 4.69) is 10.2 Å².